The van der Waals surface area contributed by atoms with E-state index >= 15 is 0 Å². The summed E-state index contributed by atoms with van der Waals surface area (Å²) < 4.78 is 45.9. The molecule has 260 valence electrons. The molecular weight excluding hydrogens is 629 g/mol. The Labute approximate surface area is 286 Å². The molecule has 1 saturated heterocycles. The number of nitrogens with one attached hydrogen (secondary N) is 1. The molecule has 1 aliphatic carbocycles. The number of para-hydroxylation sites is 2. The first-order valence-corrected chi connectivity index (χ1v) is 17.9. The monoisotopic (exact) mass is 674 g/mol. The Morgan fingerprint density at radius 3 is 2.20 bits per heavy atom. The summed E-state index contributed by atoms with van der Waals surface area (Å²) in [5.41, 5.74) is 2.99. The minimum Gasteiger partial charge on any atom is -0.457 e. The molecule has 7 rings (SSSR count). The lowest BCUT2D eigenvalue weighted by Crippen LogP contribution is -2.49. The SMILES string of the molecule is O=C1c2cc(N3CCN(CCCCC4(C(=O)NCC(F)(F)F)c5ccccc5Oc5ccccc54)CC3)ccc2CCN1C1CCCCC1. The summed E-state index contributed by atoms with van der Waals surface area (Å²) in [4.78, 5) is 34.3. The van der Waals surface area contributed by atoms with Crippen LogP contribution in [0.15, 0.2) is 66.7 Å². The van der Waals surface area contributed by atoms with Crippen molar-refractivity contribution >= 4 is 17.5 Å². The summed E-state index contributed by atoms with van der Waals surface area (Å²) in [6, 6.07) is 21.1. The number of unbranched alkanes of at least 4 members (excludes halogenated alkanes) is 1. The summed E-state index contributed by atoms with van der Waals surface area (Å²) in [5, 5.41) is 2.21. The van der Waals surface area contributed by atoms with Crippen molar-refractivity contribution in [2.24, 2.45) is 0 Å². The van der Waals surface area contributed by atoms with Gasteiger partial charge in [-0.15, -0.1) is 0 Å². The van der Waals surface area contributed by atoms with Crippen LogP contribution in [0.1, 0.15) is 78.4 Å². The average molecular weight is 675 g/mol. The summed E-state index contributed by atoms with van der Waals surface area (Å²) in [6.07, 6.45) is 4.11. The number of carbonyl (C=O) groups excluding carboxylic acids is 2. The zero-order valence-electron chi connectivity index (χ0n) is 27.9. The molecule has 3 aromatic carbocycles. The molecule has 7 nitrogen and oxygen atoms in total. The first-order chi connectivity index (χ1) is 23.7. The number of hydrogen-bond acceptors (Lipinski definition) is 5. The van der Waals surface area contributed by atoms with E-state index in [1.807, 2.05) is 0 Å². The topological polar surface area (TPSA) is 65.1 Å². The second-order valence-electron chi connectivity index (χ2n) is 14.0. The summed E-state index contributed by atoms with van der Waals surface area (Å²) in [6.45, 7) is 3.70. The van der Waals surface area contributed by atoms with Crippen LogP contribution in [0.25, 0.3) is 0 Å². The highest BCUT2D eigenvalue weighted by molar-refractivity contribution is 5.98. The number of rotatable bonds is 9. The van der Waals surface area contributed by atoms with Gasteiger partial charge in [-0.3, -0.25) is 14.5 Å². The van der Waals surface area contributed by atoms with Crippen LogP contribution in [0.3, 0.4) is 0 Å². The molecule has 3 heterocycles. The van der Waals surface area contributed by atoms with Crippen molar-refractivity contribution in [3.05, 3.63) is 89.0 Å². The van der Waals surface area contributed by atoms with Crippen LogP contribution in [-0.4, -0.2) is 79.6 Å². The predicted octanol–water partition coefficient (Wildman–Crippen LogP) is 7.08. The average Bonchev–Trinajstić information content (AvgIpc) is 3.12. The molecule has 3 aromatic rings. The van der Waals surface area contributed by atoms with E-state index in [1.165, 1.54) is 19.3 Å². The summed E-state index contributed by atoms with van der Waals surface area (Å²) in [7, 11) is 0. The van der Waals surface area contributed by atoms with Gasteiger partial charge in [-0.05, 0) is 68.5 Å². The number of anilines is 1. The van der Waals surface area contributed by atoms with Gasteiger partial charge in [-0.25, -0.2) is 0 Å². The van der Waals surface area contributed by atoms with Crippen LogP contribution >= 0.6 is 0 Å². The van der Waals surface area contributed by atoms with E-state index in [0.29, 0.717) is 41.5 Å². The molecule has 10 heteroatoms. The smallest absolute Gasteiger partial charge is 0.405 e. The van der Waals surface area contributed by atoms with Crippen molar-refractivity contribution < 1.29 is 27.5 Å². The number of hydrogen-bond donors (Lipinski definition) is 1. The minimum atomic E-state index is -4.52. The largest absolute Gasteiger partial charge is 0.457 e. The first-order valence-electron chi connectivity index (χ1n) is 17.9. The number of halogens is 3. The van der Waals surface area contributed by atoms with Crippen molar-refractivity contribution in [1.29, 1.82) is 0 Å². The van der Waals surface area contributed by atoms with Crippen LogP contribution in [0.2, 0.25) is 0 Å². The van der Waals surface area contributed by atoms with Crippen LogP contribution in [-0.2, 0) is 16.6 Å². The van der Waals surface area contributed by atoms with Gasteiger partial charge in [0.15, 0.2) is 0 Å². The highest BCUT2D eigenvalue weighted by Crippen LogP contribution is 2.51. The van der Waals surface area contributed by atoms with Gasteiger partial charge in [0, 0.05) is 61.1 Å². The highest BCUT2D eigenvalue weighted by atomic mass is 19.4. The van der Waals surface area contributed by atoms with E-state index in [4.69, 9.17) is 4.74 Å². The lowest BCUT2D eigenvalue weighted by molar-refractivity contribution is -0.141. The van der Waals surface area contributed by atoms with Crippen LogP contribution in [0.4, 0.5) is 18.9 Å². The third-order valence-corrected chi connectivity index (χ3v) is 11.0. The van der Waals surface area contributed by atoms with E-state index < -0.39 is 24.0 Å². The van der Waals surface area contributed by atoms with Crippen molar-refractivity contribution in [2.45, 2.75) is 75.4 Å². The first kappa shape index (κ1) is 33.4. The maximum Gasteiger partial charge on any atom is 0.405 e. The minimum absolute atomic E-state index is 0.188. The fourth-order valence-electron chi connectivity index (χ4n) is 8.41. The summed E-state index contributed by atoms with van der Waals surface area (Å²) in [5.74, 6) is 0.510. The van der Waals surface area contributed by atoms with Crippen molar-refractivity contribution in [3.8, 4) is 11.5 Å². The van der Waals surface area contributed by atoms with Gasteiger partial charge in [0.2, 0.25) is 5.91 Å². The zero-order valence-corrected chi connectivity index (χ0v) is 27.9. The van der Waals surface area contributed by atoms with Crippen LogP contribution in [0, 0.1) is 0 Å². The van der Waals surface area contributed by atoms with Crippen LogP contribution in [0.5, 0.6) is 11.5 Å². The van der Waals surface area contributed by atoms with Gasteiger partial charge >= 0.3 is 6.18 Å². The second-order valence-corrected chi connectivity index (χ2v) is 14.0. The molecule has 49 heavy (non-hydrogen) atoms. The fourth-order valence-corrected chi connectivity index (χ4v) is 8.41. The number of piperazine rings is 1. The number of benzene rings is 3. The normalized spacial score (nSPS) is 19.4. The molecule has 3 aliphatic heterocycles. The Morgan fingerprint density at radius 2 is 1.53 bits per heavy atom. The number of amides is 2. The molecule has 1 saturated carbocycles. The molecular formula is C39H45F3N4O3. The third kappa shape index (κ3) is 6.89. The maximum absolute atomic E-state index is 13.9. The van der Waals surface area contributed by atoms with Crippen molar-refractivity contribution in [1.82, 2.24) is 15.1 Å². The lowest BCUT2D eigenvalue weighted by Gasteiger charge is -2.40. The van der Waals surface area contributed by atoms with Gasteiger partial charge in [0.05, 0.1) is 0 Å². The molecule has 0 aromatic heterocycles. The molecule has 4 aliphatic rings. The van der Waals surface area contributed by atoms with Crippen LogP contribution < -0.4 is 15.0 Å². The van der Waals surface area contributed by atoms with E-state index in [2.05, 4.69) is 38.2 Å². The number of nitrogens with zero attached hydrogens (tertiary/aromatic N) is 3. The van der Waals surface area contributed by atoms with Gasteiger partial charge in [-0.1, -0.05) is 68.1 Å². The van der Waals surface area contributed by atoms with Gasteiger partial charge < -0.3 is 19.9 Å². The number of alkyl halides is 3. The molecule has 0 spiro atoms. The Morgan fingerprint density at radius 1 is 0.857 bits per heavy atom. The molecule has 1 N–H and O–H groups in total. The second kappa shape index (κ2) is 14.1. The highest BCUT2D eigenvalue weighted by Gasteiger charge is 2.48. The molecule has 2 amide bonds. The van der Waals surface area contributed by atoms with E-state index in [9.17, 15) is 22.8 Å². The Kier molecular flexibility index (Phi) is 9.59. The quantitative estimate of drug-likeness (QED) is 0.246. The molecule has 0 unspecified atom stereocenters. The van der Waals surface area contributed by atoms with Gasteiger partial charge in [0.1, 0.15) is 23.5 Å². The lowest BCUT2D eigenvalue weighted by atomic mass is 9.68. The summed E-state index contributed by atoms with van der Waals surface area (Å²) >= 11 is 0. The third-order valence-electron chi connectivity index (χ3n) is 11.0. The van der Waals surface area contributed by atoms with Gasteiger partial charge in [-0.2, -0.15) is 13.2 Å². The molecule has 2 fully saturated rings. The number of fused-ring (bicyclic) bond motifs is 3. The fraction of sp³-hybridized carbons (Fsp3) is 0.487. The Bertz CT molecular complexity index is 1620. The molecule has 0 bridgehead atoms. The Hall–Kier alpha value is -4.05. The maximum atomic E-state index is 13.9. The zero-order chi connectivity index (χ0) is 34.0. The Balaban J connectivity index is 0.987. The van der Waals surface area contributed by atoms with E-state index in [-0.39, 0.29) is 5.91 Å². The standard InChI is InChI=1S/C39H45F3N4O3/c40-39(41,42)27-43-37(48)38(32-12-4-6-14-34(32)49-35-15-7-5-13-33(35)38)19-8-9-20-44-22-24-45(25-23-44)30-17-16-28-18-21-46(36(47)31(28)26-30)29-10-2-1-3-11-29/h4-7,12-17,26,29H,1-3,8-11,18-25,27H2,(H,43,48). The van der Waals surface area contributed by atoms with Crippen molar-refractivity contribution in [3.63, 3.8) is 0 Å². The van der Waals surface area contributed by atoms with Gasteiger partial charge in [0.25, 0.3) is 5.91 Å². The predicted molar refractivity (Wildman–Crippen MR) is 183 cm³/mol. The number of ether oxygens (including phenoxy) is 1. The van der Waals surface area contributed by atoms with Crippen molar-refractivity contribution in [2.75, 3.05) is 50.7 Å². The van der Waals surface area contributed by atoms with E-state index in [0.717, 1.165) is 81.8 Å². The molecule has 0 radical (unpaired) electrons. The van der Waals surface area contributed by atoms with E-state index in [1.54, 1.807) is 48.5 Å². The molecule has 0 atom stereocenters. The number of carbonyl (C=O) groups is 2.